The summed E-state index contributed by atoms with van der Waals surface area (Å²) in [4.78, 5) is 33.9. The molecule has 3 aromatic carbocycles. The number of carbonyl (C=O) groups is 2. The second kappa shape index (κ2) is 11.9. The number of amides is 2. The van der Waals surface area contributed by atoms with Gasteiger partial charge in [-0.25, -0.2) is 4.98 Å². The summed E-state index contributed by atoms with van der Waals surface area (Å²) in [6, 6.07) is 25.2. The Balaban J connectivity index is 1.42. The summed E-state index contributed by atoms with van der Waals surface area (Å²) in [5, 5.41) is 3.08. The fourth-order valence-electron chi connectivity index (χ4n) is 5.36. The number of rotatable bonds is 8. The van der Waals surface area contributed by atoms with Crippen LogP contribution in [0.15, 0.2) is 83.3 Å². The van der Waals surface area contributed by atoms with Crippen molar-refractivity contribution < 1.29 is 9.59 Å². The van der Waals surface area contributed by atoms with Crippen molar-refractivity contribution in [2.45, 2.75) is 64.2 Å². The van der Waals surface area contributed by atoms with Crippen molar-refractivity contribution in [2.24, 2.45) is 0 Å². The Morgan fingerprint density at radius 2 is 1.66 bits per heavy atom. The molecule has 7 heteroatoms. The van der Waals surface area contributed by atoms with Crippen LogP contribution in [-0.2, 0) is 17.9 Å². The van der Waals surface area contributed by atoms with Crippen LogP contribution in [0.4, 0.5) is 0 Å². The van der Waals surface area contributed by atoms with Crippen molar-refractivity contribution in [3.8, 4) is 0 Å². The lowest BCUT2D eigenvalue weighted by atomic mass is 9.93. The van der Waals surface area contributed by atoms with E-state index in [1.165, 1.54) is 6.42 Å². The van der Waals surface area contributed by atoms with Gasteiger partial charge in [-0.3, -0.25) is 9.59 Å². The molecule has 6 nitrogen and oxygen atoms in total. The average Bonchev–Trinajstić information content (AvgIpc) is 3.31. The normalized spacial score (nSPS) is 14.8. The molecular formula is C31H33BrN4O2. The van der Waals surface area contributed by atoms with Crippen molar-refractivity contribution in [3.63, 3.8) is 0 Å². The van der Waals surface area contributed by atoms with Crippen molar-refractivity contribution in [3.05, 3.63) is 100 Å². The van der Waals surface area contributed by atoms with Crippen LogP contribution in [0.3, 0.4) is 0 Å². The van der Waals surface area contributed by atoms with E-state index in [0.29, 0.717) is 17.9 Å². The molecule has 196 valence electrons. The van der Waals surface area contributed by atoms with Gasteiger partial charge in [-0.05, 0) is 61.7 Å². The van der Waals surface area contributed by atoms with E-state index in [-0.39, 0.29) is 30.4 Å². The number of halogens is 1. The summed E-state index contributed by atoms with van der Waals surface area (Å²) in [7, 11) is 0. The average molecular weight is 574 g/mol. The topological polar surface area (TPSA) is 67.2 Å². The van der Waals surface area contributed by atoms with Crippen LogP contribution in [0, 0.1) is 0 Å². The van der Waals surface area contributed by atoms with Gasteiger partial charge in [0.15, 0.2) is 0 Å². The monoisotopic (exact) mass is 572 g/mol. The van der Waals surface area contributed by atoms with Gasteiger partial charge in [0.2, 0.25) is 5.91 Å². The second-order valence-corrected chi connectivity index (χ2v) is 11.0. The number of para-hydroxylation sites is 2. The van der Waals surface area contributed by atoms with E-state index in [9.17, 15) is 9.59 Å². The van der Waals surface area contributed by atoms with E-state index in [1.807, 2.05) is 66.1 Å². The number of hydrogen-bond donors (Lipinski definition) is 1. The van der Waals surface area contributed by atoms with Crippen molar-refractivity contribution in [2.75, 3.05) is 0 Å². The molecule has 0 bridgehead atoms. The molecule has 1 aliphatic carbocycles. The largest absolute Gasteiger partial charge is 0.342 e. The van der Waals surface area contributed by atoms with Crippen LogP contribution < -0.4 is 5.32 Å². The van der Waals surface area contributed by atoms with Gasteiger partial charge in [0.25, 0.3) is 5.91 Å². The van der Waals surface area contributed by atoms with Crippen LogP contribution in [0.25, 0.3) is 11.0 Å². The smallest absolute Gasteiger partial charge is 0.251 e. The molecule has 2 amide bonds. The molecule has 0 saturated heterocycles. The van der Waals surface area contributed by atoms with Crippen molar-refractivity contribution >= 4 is 38.8 Å². The molecule has 1 N–H and O–H groups in total. The summed E-state index contributed by atoms with van der Waals surface area (Å²) in [5.41, 5.74) is 3.42. The summed E-state index contributed by atoms with van der Waals surface area (Å²) < 4.78 is 2.89. The summed E-state index contributed by atoms with van der Waals surface area (Å²) in [6.07, 6.45) is 5.62. The van der Waals surface area contributed by atoms with E-state index < -0.39 is 0 Å². The predicted molar refractivity (Wildman–Crippen MR) is 154 cm³/mol. The van der Waals surface area contributed by atoms with E-state index in [0.717, 1.165) is 46.8 Å². The number of benzene rings is 3. The maximum atomic E-state index is 14.0. The first kappa shape index (κ1) is 26.2. The van der Waals surface area contributed by atoms with E-state index in [2.05, 4.69) is 38.3 Å². The predicted octanol–water partition coefficient (Wildman–Crippen LogP) is 6.65. The second-order valence-electron chi connectivity index (χ2n) is 10.0. The highest BCUT2D eigenvalue weighted by Gasteiger charge is 2.28. The van der Waals surface area contributed by atoms with Gasteiger partial charge in [-0.15, -0.1) is 0 Å². The third kappa shape index (κ3) is 5.99. The highest BCUT2D eigenvalue weighted by atomic mass is 79.9. The fourth-order valence-corrected chi connectivity index (χ4v) is 5.62. The molecule has 1 fully saturated rings. The Morgan fingerprint density at radius 1 is 0.974 bits per heavy atom. The molecule has 5 rings (SSSR count). The molecule has 1 saturated carbocycles. The van der Waals surface area contributed by atoms with E-state index in [1.54, 1.807) is 12.1 Å². The molecule has 0 aliphatic heterocycles. The highest BCUT2D eigenvalue weighted by Crippen LogP contribution is 2.26. The molecular weight excluding hydrogens is 540 g/mol. The summed E-state index contributed by atoms with van der Waals surface area (Å²) in [5.74, 6) is 0.577. The molecule has 38 heavy (non-hydrogen) atoms. The molecule has 0 spiro atoms. The molecule has 4 aromatic rings. The third-order valence-electron chi connectivity index (χ3n) is 7.35. The summed E-state index contributed by atoms with van der Waals surface area (Å²) in [6.45, 7) is 2.70. The van der Waals surface area contributed by atoms with Crippen LogP contribution >= 0.6 is 15.9 Å². The first-order valence-corrected chi connectivity index (χ1v) is 14.1. The first-order valence-electron chi connectivity index (χ1n) is 13.3. The number of hydrogen-bond acceptors (Lipinski definition) is 3. The molecule has 1 aromatic heterocycles. The zero-order valence-corrected chi connectivity index (χ0v) is 23.2. The lowest BCUT2D eigenvalue weighted by Gasteiger charge is -2.35. The molecule has 1 aliphatic rings. The molecule has 1 unspecified atom stereocenters. The number of carbonyl (C=O) groups excluding carboxylic acids is 2. The number of nitrogens with zero attached hydrogens (tertiary/aromatic N) is 3. The minimum Gasteiger partial charge on any atom is -0.342 e. The summed E-state index contributed by atoms with van der Waals surface area (Å²) >= 11 is 3.41. The highest BCUT2D eigenvalue weighted by molar-refractivity contribution is 9.10. The Labute approximate surface area is 232 Å². The van der Waals surface area contributed by atoms with Gasteiger partial charge in [0.1, 0.15) is 12.4 Å². The Hall–Kier alpha value is -3.45. The van der Waals surface area contributed by atoms with Gasteiger partial charge in [0, 0.05) is 22.6 Å². The van der Waals surface area contributed by atoms with Crippen molar-refractivity contribution in [1.29, 1.82) is 0 Å². The fraction of sp³-hybridized carbons (Fsp3) is 0.323. The standard InChI is InChI=1S/C31H33BrN4O2/c1-22(33-31(38)24-16-18-25(32)19-17-24)30-34-27-14-8-9-15-28(27)36(30)21-29(37)35(26-12-6-3-7-13-26)20-23-10-4-2-5-11-23/h2,4-5,8-11,14-19,22,26H,3,6-7,12-13,20-21H2,1H3,(H,33,38). The van der Waals surface area contributed by atoms with Gasteiger partial charge < -0.3 is 14.8 Å². The Morgan fingerprint density at radius 3 is 2.39 bits per heavy atom. The van der Waals surface area contributed by atoms with Crippen LogP contribution in [0.1, 0.15) is 66.8 Å². The third-order valence-corrected chi connectivity index (χ3v) is 7.88. The van der Waals surface area contributed by atoms with Crippen molar-refractivity contribution in [1.82, 2.24) is 19.8 Å². The quantitative estimate of drug-likeness (QED) is 0.257. The van der Waals surface area contributed by atoms with Crippen LogP contribution in [0.2, 0.25) is 0 Å². The van der Waals surface area contributed by atoms with Gasteiger partial charge in [0.05, 0.1) is 17.1 Å². The number of imidazole rings is 1. The Kier molecular flexibility index (Phi) is 8.23. The lowest BCUT2D eigenvalue weighted by Crippen LogP contribution is -2.43. The number of aromatic nitrogens is 2. The minimum absolute atomic E-state index is 0.0802. The maximum Gasteiger partial charge on any atom is 0.251 e. The number of fused-ring (bicyclic) bond motifs is 1. The maximum absolute atomic E-state index is 14.0. The molecule has 0 radical (unpaired) electrons. The minimum atomic E-state index is -0.386. The number of nitrogens with one attached hydrogen (secondary N) is 1. The SMILES string of the molecule is CC(NC(=O)c1ccc(Br)cc1)c1nc2ccccc2n1CC(=O)N(Cc1ccccc1)C1CCCCC1. The molecule has 1 heterocycles. The van der Waals surface area contributed by atoms with Gasteiger partial charge >= 0.3 is 0 Å². The first-order chi connectivity index (χ1) is 18.5. The van der Waals surface area contributed by atoms with Gasteiger partial charge in [-0.2, -0.15) is 0 Å². The van der Waals surface area contributed by atoms with E-state index in [4.69, 9.17) is 4.98 Å². The lowest BCUT2D eigenvalue weighted by molar-refractivity contribution is -0.135. The van der Waals surface area contributed by atoms with E-state index >= 15 is 0 Å². The zero-order chi connectivity index (χ0) is 26.5. The molecule has 1 atom stereocenters. The zero-order valence-electron chi connectivity index (χ0n) is 21.6. The Bertz CT molecular complexity index is 1390. The van der Waals surface area contributed by atoms with Crippen LogP contribution in [-0.4, -0.2) is 32.3 Å². The van der Waals surface area contributed by atoms with Gasteiger partial charge in [-0.1, -0.05) is 77.7 Å². The van der Waals surface area contributed by atoms with Crippen LogP contribution in [0.5, 0.6) is 0 Å².